The zero-order valence-corrected chi connectivity index (χ0v) is 9.32. The van der Waals surface area contributed by atoms with Crippen molar-refractivity contribution in [2.24, 2.45) is 0 Å². The summed E-state index contributed by atoms with van der Waals surface area (Å²) in [5.74, 6) is -6.32. The van der Waals surface area contributed by atoms with E-state index in [0.717, 1.165) is 6.92 Å². The number of carboxylic acid groups (broad SMARTS) is 3. The van der Waals surface area contributed by atoms with Crippen molar-refractivity contribution in [3.05, 3.63) is 0 Å². The van der Waals surface area contributed by atoms with Gasteiger partial charge in [-0.2, -0.15) is 0 Å². The summed E-state index contributed by atoms with van der Waals surface area (Å²) in [5.41, 5.74) is -2.83. The predicted molar refractivity (Wildman–Crippen MR) is 61.2 cm³/mol. The molecule has 0 radical (unpaired) electrons. The van der Waals surface area contributed by atoms with E-state index in [4.69, 9.17) is 15.3 Å². The first kappa shape index (κ1) is 20.4. The molecule has 0 aliphatic heterocycles. The van der Waals surface area contributed by atoms with Gasteiger partial charge < -0.3 is 25.2 Å². The number of carboxylic acids is 3. The van der Waals surface area contributed by atoms with Gasteiger partial charge >= 0.3 is 61.6 Å². The van der Waals surface area contributed by atoms with Gasteiger partial charge in [-0.1, -0.05) is 0 Å². The number of carbonyl (C=O) groups is 4. The summed E-state index contributed by atoms with van der Waals surface area (Å²) in [6, 6.07) is 0. The summed E-state index contributed by atoms with van der Waals surface area (Å²) in [5, 5.41) is 34.9. The maximum absolute atomic E-state index is 11.2. The van der Waals surface area contributed by atoms with Gasteiger partial charge in [0.15, 0.2) is 11.7 Å². The third-order valence-corrected chi connectivity index (χ3v) is 1.93. The average Bonchev–Trinajstić information content (AvgIpc) is 2.14. The molecule has 0 amide bonds. The van der Waals surface area contributed by atoms with Crippen LogP contribution in [0.3, 0.4) is 0 Å². The van der Waals surface area contributed by atoms with Crippen molar-refractivity contribution >= 4 is 61.6 Å². The fraction of sp³-hybridized carbons (Fsp3) is 0.556. The van der Waals surface area contributed by atoms with Crippen molar-refractivity contribution in [3.8, 4) is 0 Å². The third kappa shape index (κ3) is 7.31. The van der Waals surface area contributed by atoms with Crippen molar-refractivity contribution in [2.75, 3.05) is 0 Å². The Hall–Kier alpha value is -0.900. The minimum absolute atomic E-state index is 0. The van der Waals surface area contributed by atoms with Crippen LogP contribution in [0.15, 0.2) is 0 Å². The Balaban J connectivity index is 0. The van der Waals surface area contributed by atoms with E-state index >= 15 is 0 Å². The topological polar surface area (TPSA) is 158 Å². The molecule has 0 rings (SSSR count). The third-order valence-electron chi connectivity index (χ3n) is 1.93. The molecule has 2 unspecified atom stereocenters. The number of esters is 1. The molecule has 4 N–H and O–H groups in total. The molecule has 0 saturated carbocycles. The van der Waals surface area contributed by atoms with Gasteiger partial charge in [-0.05, 0) is 6.92 Å². The van der Waals surface area contributed by atoms with Crippen LogP contribution in [-0.2, 0) is 23.9 Å². The Morgan fingerprint density at radius 3 is 1.89 bits per heavy atom. The van der Waals surface area contributed by atoms with E-state index in [1.807, 2.05) is 0 Å². The molecule has 0 bridgehead atoms. The van der Waals surface area contributed by atoms with Gasteiger partial charge in [0, 0.05) is 0 Å². The summed E-state index contributed by atoms with van der Waals surface area (Å²) in [4.78, 5) is 42.6. The number of aliphatic hydroxyl groups is 1. The van der Waals surface area contributed by atoms with Gasteiger partial charge in [-0.25, -0.2) is 9.59 Å². The van der Waals surface area contributed by atoms with E-state index in [1.165, 1.54) is 0 Å². The van der Waals surface area contributed by atoms with Crippen molar-refractivity contribution in [2.45, 2.75) is 31.5 Å². The van der Waals surface area contributed by atoms with Crippen molar-refractivity contribution in [3.63, 3.8) is 0 Å². The van der Waals surface area contributed by atoms with Gasteiger partial charge in [-0.15, -0.1) is 0 Å². The first-order valence-corrected chi connectivity index (χ1v) is 4.68. The van der Waals surface area contributed by atoms with Gasteiger partial charge in [0.2, 0.25) is 0 Å². The van der Waals surface area contributed by atoms with Crippen LogP contribution in [0.2, 0.25) is 0 Å². The minimum atomic E-state index is -2.83. The molecule has 0 saturated heterocycles. The molecule has 0 heterocycles. The maximum atomic E-state index is 11.2. The molecule has 9 nitrogen and oxygen atoms in total. The Labute approximate surface area is 137 Å². The second kappa shape index (κ2) is 8.31. The molecular weight excluding hydrogens is 292 g/mol. The quantitative estimate of drug-likeness (QED) is 0.301. The van der Waals surface area contributed by atoms with Crippen molar-refractivity contribution < 1.29 is 44.3 Å². The summed E-state index contributed by atoms with van der Waals surface area (Å²) in [6.45, 7) is 1.03. The fourth-order valence-electron chi connectivity index (χ4n) is 0.992. The summed E-state index contributed by atoms with van der Waals surface area (Å²) in [7, 11) is 0. The second-order valence-corrected chi connectivity index (χ2v) is 3.55. The van der Waals surface area contributed by atoms with E-state index in [0.29, 0.717) is 0 Å². The first-order valence-electron chi connectivity index (χ1n) is 4.68. The number of rotatable bonds is 7. The van der Waals surface area contributed by atoms with Crippen LogP contribution in [0.25, 0.3) is 0 Å². The zero-order valence-electron chi connectivity index (χ0n) is 9.32. The van der Waals surface area contributed by atoms with Crippen LogP contribution in [0.4, 0.5) is 0 Å². The van der Waals surface area contributed by atoms with E-state index in [9.17, 15) is 24.3 Å². The number of hydrogen-bond donors (Lipinski definition) is 4. The fourth-order valence-corrected chi connectivity index (χ4v) is 0.992. The molecule has 0 spiro atoms. The molecule has 0 aromatic carbocycles. The van der Waals surface area contributed by atoms with E-state index in [1.54, 1.807) is 0 Å². The summed E-state index contributed by atoms with van der Waals surface area (Å²) in [6.07, 6.45) is -3.90. The molecule has 19 heavy (non-hydrogen) atoms. The normalized spacial score (nSPS) is 14.4. The van der Waals surface area contributed by atoms with Gasteiger partial charge in [0.1, 0.15) is 0 Å². The van der Waals surface area contributed by atoms with Crippen LogP contribution in [0, 0.1) is 0 Å². The van der Waals surface area contributed by atoms with Crippen LogP contribution in [0.5, 0.6) is 0 Å². The van der Waals surface area contributed by atoms with Crippen LogP contribution in [-0.4, -0.2) is 93.7 Å². The second-order valence-electron chi connectivity index (χ2n) is 3.55. The van der Waals surface area contributed by atoms with Gasteiger partial charge in [-0.3, -0.25) is 9.59 Å². The molecule has 10 heteroatoms. The Morgan fingerprint density at radius 1 is 1.11 bits per heavy atom. The Kier molecular flexibility index (Phi) is 8.93. The van der Waals surface area contributed by atoms with E-state index in [-0.39, 0.29) is 37.7 Å². The monoisotopic (exact) mass is 306 g/mol. The number of ether oxygens (including phenoxy) is 1. The molecule has 2 atom stereocenters. The summed E-state index contributed by atoms with van der Waals surface area (Å²) >= 11 is 0. The number of hydrogen-bond acceptors (Lipinski definition) is 6. The molecule has 0 aliphatic carbocycles. The Morgan fingerprint density at radius 2 is 1.58 bits per heavy atom. The molecule has 106 valence electrons. The molecule has 0 aliphatic rings. The van der Waals surface area contributed by atoms with Gasteiger partial charge in [0.05, 0.1) is 12.8 Å². The standard InChI is InChI=1S/C9H12O9.Ca.2H/c1-4(7(13)14)18-6(12)3-9(17,8(15)16)2-5(10)11;;;/h4,17H,2-3H2,1H3,(H,10,11)(H,13,14)(H,15,16);;;. The molecule has 0 aromatic rings. The van der Waals surface area contributed by atoms with Crippen LogP contribution >= 0.6 is 0 Å². The molecule has 0 fully saturated rings. The van der Waals surface area contributed by atoms with Gasteiger partial charge in [0.25, 0.3) is 0 Å². The van der Waals surface area contributed by atoms with E-state index < -0.39 is 48.4 Å². The molecule has 0 aromatic heterocycles. The molecular formula is C9H14CaO9. The predicted octanol–water partition coefficient (Wildman–Crippen LogP) is -2.23. The zero-order chi connectivity index (χ0) is 14.5. The van der Waals surface area contributed by atoms with Crippen molar-refractivity contribution in [1.82, 2.24) is 0 Å². The SMILES string of the molecule is CC(OC(=O)CC(O)(CC(=O)O)C(=O)O)C(=O)O.[CaH2]. The van der Waals surface area contributed by atoms with Crippen molar-refractivity contribution in [1.29, 1.82) is 0 Å². The number of carbonyl (C=O) groups excluding carboxylic acids is 1. The first-order chi connectivity index (χ1) is 8.08. The average molecular weight is 306 g/mol. The van der Waals surface area contributed by atoms with Crippen LogP contribution in [0.1, 0.15) is 19.8 Å². The number of aliphatic carboxylic acids is 3. The Bertz CT molecular complexity index is 380. The van der Waals surface area contributed by atoms with E-state index in [2.05, 4.69) is 4.74 Å². The van der Waals surface area contributed by atoms with Crippen LogP contribution < -0.4 is 0 Å². The summed E-state index contributed by atoms with van der Waals surface area (Å²) < 4.78 is 4.28.